The maximum absolute atomic E-state index is 12.9. The van der Waals surface area contributed by atoms with Gasteiger partial charge in [-0.25, -0.2) is 9.67 Å². The number of nitrogens with zero attached hydrogens (tertiary/aromatic N) is 3. The molecule has 3 N–H and O–H groups in total. The van der Waals surface area contributed by atoms with Gasteiger partial charge in [0.2, 0.25) is 0 Å². The van der Waals surface area contributed by atoms with Crippen LogP contribution in [0, 0.1) is 13.8 Å². The fraction of sp³-hybridized carbons (Fsp3) is 0.391. The fourth-order valence-corrected chi connectivity index (χ4v) is 3.62. The standard InChI is InChI=1S/C23H28N6O2/c1-13(2)29-22-18(11-25-29)17(10-20(26-22)16-6-7-16)23(31)28-27-21(30)12-24-19-8-5-14(3)9-15(19)4/h5,8-11,13,16,24H,6-7,12H2,1-4H3,(H,27,30)(H,28,31). The number of carbonyl (C=O) groups excluding carboxylic acids is 2. The predicted molar refractivity (Wildman–Crippen MR) is 120 cm³/mol. The third-order valence-electron chi connectivity index (χ3n) is 5.45. The highest BCUT2D eigenvalue weighted by Crippen LogP contribution is 2.40. The monoisotopic (exact) mass is 420 g/mol. The first-order valence-electron chi connectivity index (χ1n) is 10.6. The molecule has 2 heterocycles. The molecular formula is C23H28N6O2. The van der Waals surface area contributed by atoms with Crippen molar-refractivity contribution < 1.29 is 9.59 Å². The van der Waals surface area contributed by atoms with Gasteiger partial charge in [-0.1, -0.05) is 17.7 Å². The van der Waals surface area contributed by atoms with Gasteiger partial charge in [-0.05, 0) is 58.2 Å². The van der Waals surface area contributed by atoms with Crippen LogP contribution in [-0.2, 0) is 4.79 Å². The molecule has 31 heavy (non-hydrogen) atoms. The molecule has 0 radical (unpaired) electrons. The van der Waals surface area contributed by atoms with Crippen molar-refractivity contribution in [3.05, 3.63) is 52.8 Å². The Balaban J connectivity index is 1.45. The summed E-state index contributed by atoms with van der Waals surface area (Å²) in [7, 11) is 0. The van der Waals surface area contributed by atoms with Crippen molar-refractivity contribution in [3.8, 4) is 0 Å². The molecule has 2 amide bonds. The van der Waals surface area contributed by atoms with Gasteiger partial charge in [0.1, 0.15) is 0 Å². The molecule has 162 valence electrons. The molecule has 3 aromatic rings. The van der Waals surface area contributed by atoms with Gasteiger partial charge >= 0.3 is 0 Å². The number of hydrazine groups is 1. The molecule has 0 aliphatic heterocycles. The molecule has 1 fully saturated rings. The maximum atomic E-state index is 12.9. The lowest BCUT2D eigenvalue weighted by Gasteiger charge is -2.12. The van der Waals surface area contributed by atoms with E-state index < -0.39 is 0 Å². The molecule has 2 aromatic heterocycles. The average molecular weight is 421 g/mol. The van der Waals surface area contributed by atoms with Crippen molar-refractivity contribution in [1.29, 1.82) is 0 Å². The molecule has 1 aliphatic carbocycles. The second-order valence-electron chi connectivity index (χ2n) is 8.46. The molecule has 1 aromatic carbocycles. The van der Waals surface area contributed by atoms with E-state index in [9.17, 15) is 9.59 Å². The highest BCUT2D eigenvalue weighted by molar-refractivity contribution is 6.06. The summed E-state index contributed by atoms with van der Waals surface area (Å²) in [6.45, 7) is 8.11. The number of hydrogen-bond donors (Lipinski definition) is 3. The van der Waals surface area contributed by atoms with E-state index in [1.165, 1.54) is 0 Å². The van der Waals surface area contributed by atoms with Crippen LogP contribution in [0.3, 0.4) is 0 Å². The molecule has 0 unspecified atom stereocenters. The molecule has 8 heteroatoms. The maximum Gasteiger partial charge on any atom is 0.270 e. The summed E-state index contributed by atoms with van der Waals surface area (Å²) in [5.74, 6) is -0.320. The first-order valence-corrected chi connectivity index (χ1v) is 10.6. The Morgan fingerprint density at radius 3 is 2.61 bits per heavy atom. The number of carbonyl (C=O) groups is 2. The lowest BCUT2D eigenvalue weighted by molar-refractivity contribution is -0.120. The highest BCUT2D eigenvalue weighted by Gasteiger charge is 2.28. The van der Waals surface area contributed by atoms with E-state index in [0.29, 0.717) is 22.5 Å². The van der Waals surface area contributed by atoms with E-state index in [1.807, 2.05) is 56.6 Å². The van der Waals surface area contributed by atoms with Gasteiger partial charge in [-0.15, -0.1) is 0 Å². The number of pyridine rings is 1. The van der Waals surface area contributed by atoms with Crippen molar-refractivity contribution in [3.63, 3.8) is 0 Å². The molecule has 8 nitrogen and oxygen atoms in total. The van der Waals surface area contributed by atoms with E-state index in [-0.39, 0.29) is 24.4 Å². The van der Waals surface area contributed by atoms with Crippen LogP contribution in [0.1, 0.15) is 65.8 Å². The number of hydrogen-bond acceptors (Lipinski definition) is 5. The van der Waals surface area contributed by atoms with E-state index in [2.05, 4.69) is 21.3 Å². The van der Waals surface area contributed by atoms with E-state index in [4.69, 9.17) is 4.98 Å². The molecule has 0 atom stereocenters. The van der Waals surface area contributed by atoms with Crippen LogP contribution >= 0.6 is 0 Å². The topological polar surface area (TPSA) is 101 Å². The zero-order chi connectivity index (χ0) is 22.1. The van der Waals surface area contributed by atoms with Crippen LogP contribution < -0.4 is 16.2 Å². The summed E-state index contributed by atoms with van der Waals surface area (Å²) in [6.07, 6.45) is 3.82. The number of nitrogens with one attached hydrogen (secondary N) is 3. The summed E-state index contributed by atoms with van der Waals surface area (Å²) in [5, 5.41) is 8.18. The Bertz CT molecular complexity index is 1150. The summed E-state index contributed by atoms with van der Waals surface area (Å²) in [4.78, 5) is 29.9. The van der Waals surface area contributed by atoms with Crippen LogP contribution in [0.25, 0.3) is 11.0 Å². The minimum Gasteiger partial charge on any atom is -0.376 e. The zero-order valence-corrected chi connectivity index (χ0v) is 18.3. The highest BCUT2D eigenvalue weighted by atomic mass is 16.2. The second-order valence-corrected chi connectivity index (χ2v) is 8.46. The van der Waals surface area contributed by atoms with Gasteiger partial charge in [0.25, 0.3) is 11.8 Å². The number of anilines is 1. The van der Waals surface area contributed by atoms with Crippen molar-refractivity contribution >= 4 is 28.5 Å². The lowest BCUT2D eigenvalue weighted by atomic mass is 10.1. The molecule has 4 rings (SSSR count). The minimum absolute atomic E-state index is 0.0501. The van der Waals surface area contributed by atoms with E-state index in [0.717, 1.165) is 35.3 Å². The molecule has 0 spiro atoms. The summed E-state index contributed by atoms with van der Waals surface area (Å²) >= 11 is 0. The average Bonchev–Trinajstić information content (AvgIpc) is 3.49. The lowest BCUT2D eigenvalue weighted by Crippen LogP contribution is -2.44. The number of rotatable bonds is 6. The summed E-state index contributed by atoms with van der Waals surface area (Å²) in [6, 6.07) is 7.92. The van der Waals surface area contributed by atoms with E-state index in [1.54, 1.807) is 6.20 Å². The van der Waals surface area contributed by atoms with Crippen molar-refractivity contribution in [2.45, 2.75) is 52.5 Å². The molecule has 1 aliphatic rings. The van der Waals surface area contributed by atoms with Gasteiger partial charge in [0.15, 0.2) is 5.65 Å². The summed E-state index contributed by atoms with van der Waals surface area (Å²) < 4.78 is 1.82. The third kappa shape index (κ3) is 4.52. The molecule has 0 bridgehead atoms. The fourth-order valence-electron chi connectivity index (χ4n) is 3.62. The molecule has 0 saturated heterocycles. The van der Waals surface area contributed by atoms with Gasteiger partial charge in [0, 0.05) is 23.3 Å². The van der Waals surface area contributed by atoms with Crippen LogP contribution in [0.2, 0.25) is 0 Å². The van der Waals surface area contributed by atoms with Crippen molar-refractivity contribution in [2.24, 2.45) is 0 Å². The Hall–Kier alpha value is -3.42. The van der Waals surface area contributed by atoms with Crippen molar-refractivity contribution in [2.75, 3.05) is 11.9 Å². The summed E-state index contributed by atoms with van der Waals surface area (Å²) in [5.41, 5.74) is 10.2. The number of aryl methyl sites for hydroxylation is 2. The third-order valence-corrected chi connectivity index (χ3v) is 5.45. The largest absolute Gasteiger partial charge is 0.376 e. The zero-order valence-electron chi connectivity index (χ0n) is 18.3. The Morgan fingerprint density at radius 2 is 1.94 bits per heavy atom. The van der Waals surface area contributed by atoms with Gasteiger partial charge in [-0.3, -0.25) is 20.4 Å². The quantitative estimate of drug-likeness (QED) is 0.531. The normalized spacial score (nSPS) is 13.5. The second kappa shape index (κ2) is 8.37. The first kappa shape index (κ1) is 20.8. The number of amides is 2. The Kier molecular flexibility index (Phi) is 5.63. The van der Waals surface area contributed by atoms with Crippen LogP contribution in [-0.4, -0.2) is 33.1 Å². The van der Waals surface area contributed by atoms with Crippen LogP contribution in [0.15, 0.2) is 30.5 Å². The SMILES string of the molecule is Cc1ccc(NCC(=O)NNC(=O)c2cc(C3CC3)nc3c2cnn3C(C)C)c(C)c1. The van der Waals surface area contributed by atoms with Crippen LogP contribution in [0.5, 0.6) is 0 Å². The Morgan fingerprint density at radius 1 is 1.16 bits per heavy atom. The first-order chi connectivity index (χ1) is 14.8. The molecular weight excluding hydrogens is 392 g/mol. The van der Waals surface area contributed by atoms with Crippen molar-refractivity contribution in [1.82, 2.24) is 25.6 Å². The van der Waals surface area contributed by atoms with E-state index >= 15 is 0 Å². The van der Waals surface area contributed by atoms with Crippen LogP contribution in [0.4, 0.5) is 5.69 Å². The smallest absolute Gasteiger partial charge is 0.270 e. The van der Waals surface area contributed by atoms with Gasteiger partial charge in [0.05, 0.1) is 23.7 Å². The predicted octanol–water partition coefficient (Wildman–Crippen LogP) is 3.38. The number of aromatic nitrogens is 3. The number of fused-ring (bicyclic) bond motifs is 1. The van der Waals surface area contributed by atoms with Gasteiger partial charge < -0.3 is 5.32 Å². The minimum atomic E-state index is -0.377. The number of benzene rings is 1. The Labute approximate surface area is 181 Å². The molecule has 1 saturated carbocycles. The van der Waals surface area contributed by atoms with Gasteiger partial charge in [-0.2, -0.15) is 5.10 Å².